The van der Waals surface area contributed by atoms with Crippen LogP contribution in [0.5, 0.6) is 0 Å². The van der Waals surface area contributed by atoms with Crippen LogP contribution in [-0.2, 0) is 0 Å². The highest BCUT2D eigenvalue weighted by Crippen LogP contribution is 2.28. The van der Waals surface area contributed by atoms with Gasteiger partial charge >= 0.3 is 6.18 Å². The van der Waals surface area contributed by atoms with Gasteiger partial charge < -0.3 is 5.32 Å². The predicted octanol–water partition coefficient (Wildman–Crippen LogP) is 2.79. The van der Waals surface area contributed by atoms with E-state index in [0.717, 1.165) is 13.0 Å². The predicted molar refractivity (Wildman–Crippen MR) is 63.0 cm³/mol. The zero-order valence-corrected chi connectivity index (χ0v) is 11.1. The zero-order valence-electron chi connectivity index (χ0n) is 11.1. The molecule has 1 rings (SSSR count). The van der Waals surface area contributed by atoms with E-state index < -0.39 is 18.6 Å². The van der Waals surface area contributed by atoms with Gasteiger partial charge in [0.2, 0.25) is 0 Å². The van der Waals surface area contributed by atoms with E-state index in [1.807, 2.05) is 11.8 Å². The molecule has 1 aliphatic rings. The first-order valence-corrected chi connectivity index (χ1v) is 6.24. The summed E-state index contributed by atoms with van der Waals surface area (Å²) in [5.41, 5.74) is -0.0631. The summed E-state index contributed by atoms with van der Waals surface area (Å²) in [4.78, 5) is 1.98. The van der Waals surface area contributed by atoms with Crippen molar-refractivity contribution in [2.75, 3.05) is 13.1 Å². The van der Waals surface area contributed by atoms with Crippen molar-refractivity contribution in [3.05, 3.63) is 0 Å². The number of hydrogen-bond acceptors (Lipinski definition) is 2. The number of piperazine rings is 1. The van der Waals surface area contributed by atoms with Crippen LogP contribution in [0.4, 0.5) is 13.2 Å². The summed E-state index contributed by atoms with van der Waals surface area (Å²) in [5.74, 6) is 0. The highest BCUT2D eigenvalue weighted by molar-refractivity contribution is 4.94. The fraction of sp³-hybridized carbons (Fsp3) is 1.00. The Morgan fingerprint density at radius 3 is 2.53 bits per heavy atom. The van der Waals surface area contributed by atoms with Crippen molar-refractivity contribution in [1.29, 1.82) is 0 Å². The Labute approximate surface area is 102 Å². The Hall–Kier alpha value is -0.290. The molecular formula is C12H23F3N2. The topological polar surface area (TPSA) is 15.3 Å². The van der Waals surface area contributed by atoms with Gasteiger partial charge in [0.05, 0.1) is 6.42 Å². The summed E-state index contributed by atoms with van der Waals surface area (Å²) in [6.07, 6.45) is -3.88. The van der Waals surface area contributed by atoms with Crippen molar-refractivity contribution in [1.82, 2.24) is 10.2 Å². The Morgan fingerprint density at radius 2 is 2.06 bits per heavy atom. The molecular weight excluding hydrogens is 229 g/mol. The van der Waals surface area contributed by atoms with Gasteiger partial charge in [-0.1, -0.05) is 6.92 Å². The Bertz CT molecular complexity index is 255. The van der Waals surface area contributed by atoms with Crippen LogP contribution in [0.1, 0.15) is 40.5 Å². The molecule has 0 spiro atoms. The molecule has 3 unspecified atom stereocenters. The lowest BCUT2D eigenvalue weighted by molar-refractivity contribution is -0.150. The molecule has 0 bridgehead atoms. The molecule has 1 fully saturated rings. The van der Waals surface area contributed by atoms with E-state index >= 15 is 0 Å². The second kappa shape index (κ2) is 5.14. The average molecular weight is 252 g/mol. The lowest BCUT2D eigenvalue weighted by atomic mass is 9.92. The molecule has 1 aliphatic heterocycles. The van der Waals surface area contributed by atoms with Gasteiger partial charge in [-0.25, -0.2) is 0 Å². The van der Waals surface area contributed by atoms with E-state index in [1.165, 1.54) is 0 Å². The maximum Gasteiger partial charge on any atom is 0.390 e. The smallest absolute Gasteiger partial charge is 0.309 e. The van der Waals surface area contributed by atoms with E-state index in [9.17, 15) is 13.2 Å². The molecule has 0 saturated carbocycles. The molecule has 1 saturated heterocycles. The molecule has 17 heavy (non-hydrogen) atoms. The zero-order chi connectivity index (χ0) is 13.3. The van der Waals surface area contributed by atoms with Gasteiger partial charge in [-0.3, -0.25) is 4.90 Å². The lowest BCUT2D eigenvalue weighted by Crippen LogP contribution is -2.64. The molecule has 0 aromatic rings. The summed E-state index contributed by atoms with van der Waals surface area (Å²) >= 11 is 0. The molecule has 102 valence electrons. The Balaban J connectivity index is 2.67. The molecule has 2 nitrogen and oxygen atoms in total. The quantitative estimate of drug-likeness (QED) is 0.831. The van der Waals surface area contributed by atoms with Crippen LogP contribution in [0.3, 0.4) is 0 Å². The minimum absolute atomic E-state index is 0.0631. The monoisotopic (exact) mass is 252 g/mol. The third kappa shape index (κ3) is 4.14. The second-order valence-electron chi connectivity index (χ2n) is 5.48. The maximum absolute atomic E-state index is 12.4. The largest absolute Gasteiger partial charge is 0.390 e. The SMILES string of the molecule is CCC1(C)CN(C(C)CC(F)(F)F)C(C)CN1. The van der Waals surface area contributed by atoms with Crippen LogP contribution in [0.25, 0.3) is 0 Å². The van der Waals surface area contributed by atoms with Crippen molar-refractivity contribution < 1.29 is 13.2 Å². The fourth-order valence-corrected chi connectivity index (χ4v) is 2.41. The molecule has 3 atom stereocenters. The van der Waals surface area contributed by atoms with Crippen molar-refractivity contribution in [2.45, 2.75) is 64.3 Å². The van der Waals surface area contributed by atoms with Gasteiger partial charge in [0.25, 0.3) is 0 Å². The highest BCUT2D eigenvalue weighted by atomic mass is 19.4. The van der Waals surface area contributed by atoms with Crippen LogP contribution in [-0.4, -0.2) is 41.8 Å². The van der Waals surface area contributed by atoms with Gasteiger partial charge in [-0.15, -0.1) is 0 Å². The van der Waals surface area contributed by atoms with Crippen molar-refractivity contribution in [2.24, 2.45) is 0 Å². The first kappa shape index (κ1) is 14.8. The van der Waals surface area contributed by atoms with E-state index in [1.54, 1.807) is 6.92 Å². The summed E-state index contributed by atoms with van der Waals surface area (Å²) in [7, 11) is 0. The lowest BCUT2D eigenvalue weighted by Gasteiger charge is -2.47. The third-order valence-corrected chi connectivity index (χ3v) is 3.80. The van der Waals surface area contributed by atoms with Crippen molar-refractivity contribution in [3.8, 4) is 0 Å². The molecule has 1 N–H and O–H groups in total. The standard InChI is InChI=1S/C12H23F3N2/c1-5-11(4)8-17(10(3)7-16-11)9(2)6-12(13,14)15/h9-10,16H,5-8H2,1-4H3. The number of hydrogen-bond donors (Lipinski definition) is 1. The number of alkyl halides is 3. The molecule has 1 heterocycles. The summed E-state index contributed by atoms with van der Waals surface area (Å²) in [5, 5.41) is 3.42. The Morgan fingerprint density at radius 1 is 1.47 bits per heavy atom. The van der Waals surface area contributed by atoms with Crippen LogP contribution in [0, 0.1) is 0 Å². The van der Waals surface area contributed by atoms with Crippen LogP contribution < -0.4 is 5.32 Å². The molecule has 0 aromatic carbocycles. The van der Waals surface area contributed by atoms with Gasteiger partial charge in [0.1, 0.15) is 0 Å². The van der Waals surface area contributed by atoms with Crippen molar-refractivity contribution in [3.63, 3.8) is 0 Å². The number of rotatable bonds is 3. The average Bonchev–Trinajstić information content (AvgIpc) is 2.19. The fourth-order valence-electron chi connectivity index (χ4n) is 2.41. The molecule has 0 aliphatic carbocycles. The normalized spacial score (nSPS) is 33.7. The van der Waals surface area contributed by atoms with E-state index in [4.69, 9.17) is 0 Å². The summed E-state index contributed by atoms with van der Waals surface area (Å²) in [6, 6.07) is -0.287. The van der Waals surface area contributed by atoms with Gasteiger partial charge in [0, 0.05) is 30.7 Å². The molecule has 0 aromatic heterocycles. The highest BCUT2D eigenvalue weighted by Gasteiger charge is 2.39. The summed E-state index contributed by atoms with van der Waals surface area (Å²) < 4.78 is 37.3. The number of nitrogens with zero attached hydrogens (tertiary/aromatic N) is 1. The molecule has 0 amide bonds. The van der Waals surface area contributed by atoms with Crippen molar-refractivity contribution >= 4 is 0 Å². The minimum Gasteiger partial charge on any atom is -0.309 e. The van der Waals surface area contributed by atoms with Gasteiger partial charge in [-0.2, -0.15) is 13.2 Å². The van der Waals surface area contributed by atoms with Crippen LogP contribution in [0.15, 0.2) is 0 Å². The summed E-state index contributed by atoms with van der Waals surface area (Å²) in [6.45, 7) is 9.23. The maximum atomic E-state index is 12.4. The van der Waals surface area contributed by atoms with Gasteiger partial charge in [-0.05, 0) is 27.2 Å². The second-order valence-corrected chi connectivity index (χ2v) is 5.48. The van der Waals surface area contributed by atoms with E-state index in [0.29, 0.717) is 6.54 Å². The first-order chi connectivity index (χ1) is 7.67. The third-order valence-electron chi connectivity index (χ3n) is 3.80. The van der Waals surface area contributed by atoms with E-state index in [-0.39, 0.29) is 11.6 Å². The molecule has 5 heteroatoms. The Kier molecular flexibility index (Phi) is 4.47. The van der Waals surface area contributed by atoms with E-state index in [2.05, 4.69) is 19.2 Å². The van der Waals surface area contributed by atoms with Crippen LogP contribution >= 0.6 is 0 Å². The number of halogens is 3. The molecule has 0 radical (unpaired) electrons. The van der Waals surface area contributed by atoms with Gasteiger partial charge in [0.15, 0.2) is 0 Å². The number of nitrogens with one attached hydrogen (secondary N) is 1. The van der Waals surface area contributed by atoms with Crippen LogP contribution in [0.2, 0.25) is 0 Å². The minimum atomic E-state index is -4.08. The first-order valence-electron chi connectivity index (χ1n) is 6.24.